The van der Waals surface area contributed by atoms with E-state index in [0.717, 1.165) is 12.1 Å². The fourth-order valence-corrected chi connectivity index (χ4v) is 1.34. The largest absolute Gasteiger partial charge is 0.475 e. The summed E-state index contributed by atoms with van der Waals surface area (Å²) in [5, 5.41) is 8.90. The van der Waals surface area contributed by atoms with Gasteiger partial charge >= 0.3 is 5.97 Å². The Balaban J connectivity index is 2.79. The number of benzene rings is 1. The van der Waals surface area contributed by atoms with Crippen LogP contribution in [0, 0.1) is 5.82 Å². The number of rotatable bonds is 2. The van der Waals surface area contributed by atoms with Crippen LogP contribution in [0.1, 0.15) is 20.9 Å². The number of hydrogen-bond acceptors (Lipinski definition) is 3. The molecule has 0 aliphatic rings. The van der Waals surface area contributed by atoms with Crippen LogP contribution in [0.4, 0.5) is 4.39 Å². The number of carbonyl (C=O) groups is 2. The Bertz CT molecular complexity index is 556. The number of hydrogen-bond donors (Lipinski definition) is 1. The van der Waals surface area contributed by atoms with Gasteiger partial charge in [0.15, 0.2) is 6.29 Å². The SMILES string of the molecule is O=Cc1cc(F)cc2cc(C(=O)O)oc12. The van der Waals surface area contributed by atoms with Gasteiger partial charge in [0.2, 0.25) is 5.76 Å². The Hall–Kier alpha value is -2.17. The van der Waals surface area contributed by atoms with Gasteiger partial charge in [0, 0.05) is 5.39 Å². The maximum Gasteiger partial charge on any atom is 0.371 e. The van der Waals surface area contributed by atoms with E-state index in [2.05, 4.69) is 0 Å². The average Bonchev–Trinajstić information content (AvgIpc) is 2.59. The number of aldehydes is 1. The van der Waals surface area contributed by atoms with Crippen molar-refractivity contribution >= 4 is 23.2 Å². The lowest BCUT2D eigenvalue weighted by molar-refractivity contribution is 0.0664. The van der Waals surface area contributed by atoms with E-state index in [9.17, 15) is 14.0 Å². The molecule has 1 aromatic heterocycles. The Morgan fingerprint density at radius 1 is 1.40 bits per heavy atom. The molecule has 76 valence electrons. The Morgan fingerprint density at radius 3 is 2.73 bits per heavy atom. The Kier molecular flexibility index (Phi) is 2.00. The molecule has 1 aromatic carbocycles. The number of furan rings is 1. The van der Waals surface area contributed by atoms with E-state index in [1.807, 2.05) is 0 Å². The summed E-state index contributed by atoms with van der Waals surface area (Å²) in [6.45, 7) is 0. The van der Waals surface area contributed by atoms with Crippen molar-refractivity contribution < 1.29 is 23.5 Å². The molecular formula is C10H5FO4. The molecule has 1 N–H and O–H groups in total. The highest BCUT2D eigenvalue weighted by atomic mass is 19.1. The molecule has 0 spiro atoms. The first-order valence-corrected chi connectivity index (χ1v) is 4.03. The zero-order valence-corrected chi connectivity index (χ0v) is 7.36. The van der Waals surface area contributed by atoms with Gasteiger partial charge in [-0.2, -0.15) is 0 Å². The minimum absolute atomic E-state index is 0.00231. The van der Waals surface area contributed by atoms with E-state index in [1.54, 1.807) is 0 Å². The summed E-state index contributed by atoms with van der Waals surface area (Å²) in [6, 6.07) is 3.27. The molecule has 2 aromatic rings. The maximum absolute atomic E-state index is 12.9. The smallest absolute Gasteiger partial charge is 0.371 e. The van der Waals surface area contributed by atoms with Crippen LogP contribution in [0.2, 0.25) is 0 Å². The summed E-state index contributed by atoms with van der Waals surface area (Å²) in [5.74, 6) is -2.19. The van der Waals surface area contributed by atoms with Crippen LogP contribution in [0.3, 0.4) is 0 Å². The third-order valence-electron chi connectivity index (χ3n) is 1.95. The molecular weight excluding hydrogens is 203 g/mol. The number of aromatic carboxylic acids is 1. The number of fused-ring (bicyclic) bond motifs is 1. The van der Waals surface area contributed by atoms with E-state index < -0.39 is 11.8 Å². The van der Waals surface area contributed by atoms with Crippen molar-refractivity contribution in [1.82, 2.24) is 0 Å². The lowest BCUT2D eigenvalue weighted by Crippen LogP contribution is -1.91. The van der Waals surface area contributed by atoms with Gasteiger partial charge in [-0.15, -0.1) is 0 Å². The summed E-state index contributed by atoms with van der Waals surface area (Å²) < 4.78 is 17.9. The Morgan fingerprint density at radius 2 is 2.13 bits per heavy atom. The van der Waals surface area contributed by atoms with Crippen molar-refractivity contribution in [3.8, 4) is 0 Å². The molecule has 0 amide bonds. The van der Waals surface area contributed by atoms with Crippen LogP contribution >= 0.6 is 0 Å². The molecule has 2 rings (SSSR count). The fourth-order valence-electron chi connectivity index (χ4n) is 1.34. The Labute approximate surface area is 82.9 Å². The summed E-state index contributed by atoms with van der Waals surface area (Å²) >= 11 is 0. The number of carboxylic acid groups (broad SMARTS) is 1. The van der Waals surface area contributed by atoms with Gasteiger partial charge in [-0.25, -0.2) is 9.18 Å². The monoisotopic (exact) mass is 208 g/mol. The highest BCUT2D eigenvalue weighted by Crippen LogP contribution is 2.23. The van der Waals surface area contributed by atoms with Crippen molar-refractivity contribution in [3.63, 3.8) is 0 Å². The fraction of sp³-hybridized carbons (Fsp3) is 0. The maximum atomic E-state index is 12.9. The van der Waals surface area contributed by atoms with E-state index in [4.69, 9.17) is 9.52 Å². The van der Waals surface area contributed by atoms with Gasteiger partial charge in [-0.1, -0.05) is 0 Å². The predicted molar refractivity (Wildman–Crippen MR) is 48.5 cm³/mol. The molecule has 0 atom stereocenters. The zero-order valence-electron chi connectivity index (χ0n) is 7.36. The van der Waals surface area contributed by atoms with E-state index in [1.165, 1.54) is 6.07 Å². The third kappa shape index (κ3) is 1.48. The van der Waals surface area contributed by atoms with Gasteiger partial charge in [-0.3, -0.25) is 4.79 Å². The number of carboxylic acids is 1. The first-order valence-electron chi connectivity index (χ1n) is 4.03. The van der Waals surface area contributed by atoms with Crippen molar-refractivity contribution in [2.45, 2.75) is 0 Å². The number of halogens is 1. The second-order valence-electron chi connectivity index (χ2n) is 2.95. The van der Waals surface area contributed by atoms with Crippen LogP contribution in [0.15, 0.2) is 22.6 Å². The summed E-state index contributed by atoms with van der Waals surface area (Å²) in [6.07, 6.45) is 0.417. The zero-order chi connectivity index (χ0) is 11.0. The van der Waals surface area contributed by atoms with Crippen molar-refractivity contribution in [2.75, 3.05) is 0 Å². The van der Waals surface area contributed by atoms with Gasteiger partial charge in [0.05, 0.1) is 5.56 Å². The van der Waals surface area contributed by atoms with Gasteiger partial charge in [-0.05, 0) is 18.2 Å². The first kappa shape index (κ1) is 9.39. The molecule has 0 fully saturated rings. The van der Waals surface area contributed by atoms with Crippen molar-refractivity contribution in [3.05, 3.63) is 35.3 Å². The van der Waals surface area contributed by atoms with Crippen LogP contribution in [0.5, 0.6) is 0 Å². The predicted octanol–water partition coefficient (Wildman–Crippen LogP) is 2.08. The summed E-state index contributed by atoms with van der Waals surface area (Å²) in [4.78, 5) is 21.2. The molecule has 0 saturated heterocycles. The molecule has 0 radical (unpaired) electrons. The van der Waals surface area contributed by atoms with Crippen molar-refractivity contribution in [1.29, 1.82) is 0 Å². The van der Waals surface area contributed by atoms with E-state index >= 15 is 0 Å². The van der Waals surface area contributed by atoms with Gasteiger partial charge in [0.1, 0.15) is 11.4 Å². The topological polar surface area (TPSA) is 67.5 Å². The molecule has 4 nitrogen and oxygen atoms in total. The van der Waals surface area contributed by atoms with Gasteiger partial charge < -0.3 is 9.52 Å². The minimum Gasteiger partial charge on any atom is -0.475 e. The molecule has 5 heteroatoms. The van der Waals surface area contributed by atoms with Crippen LogP contribution in [-0.2, 0) is 0 Å². The molecule has 0 aliphatic heterocycles. The van der Waals surface area contributed by atoms with E-state index in [-0.39, 0.29) is 22.3 Å². The highest BCUT2D eigenvalue weighted by Gasteiger charge is 2.14. The van der Waals surface area contributed by atoms with Gasteiger partial charge in [0.25, 0.3) is 0 Å². The lowest BCUT2D eigenvalue weighted by atomic mass is 10.1. The molecule has 15 heavy (non-hydrogen) atoms. The van der Waals surface area contributed by atoms with E-state index in [0.29, 0.717) is 6.29 Å². The second-order valence-corrected chi connectivity index (χ2v) is 2.95. The lowest BCUT2D eigenvalue weighted by Gasteiger charge is -1.93. The standard InChI is InChI=1S/C10H5FO4/c11-7-1-5-3-8(10(13)14)15-9(5)6(2-7)4-12/h1-4H,(H,13,14). The third-order valence-corrected chi connectivity index (χ3v) is 1.95. The van der Waals surface area contributed by atoms with Crippen LogP contribution in [0.25, 0.3) is 11.0 Å². The highest BCUT2D eigenvalue weighted by molar-refractivity contribution is 5.98. The minimum atomic E-state index is -1.26. The quantitative estimate of drug-likeness (QED) is 0.767. The van der Waals surface area contributed by atoms with Crippen molar-refractivity contribution in [2.24, 2.45) is 0 Å². The summed E-state index contributed by atoms with van der Waals surface area (Å²) in [7, 11) is 0. The summed E-state index contributed by atoms with van der Waals surface area (Å²) in [5.41, 5.74) is 0.0845. The number of carbonyl (C=O) groups excluding carboxylic acids is 1. The molecule has 0 unspecified atom stereocenters. The molecule has 0 aliphatic carbocycles. The average molecular weight is 208 g/mol. The normalized spacial score (nSPS) is 10.5. The van der Waals surface area contributed by atoms with Crippen LogP contribution < -0.4 is 0 Å². The molecule has 0 saturated carbocycles. The second kappa shape index (κ2) is 3.20. The molecule has 0 bridgehead atoms. The van der Waals surface area contributed by atoms with Crippen LogP contribution in [-0.4, -0.2) is 17.4 Å². The first-order chi connectivity index (χ1) is 7.11. The molecule has 1 heterocycles.